The van der Waals surface area contributed by atoms with Gasteiger partial charge < -0.3 is 10.6 Å². The SMILES string of the molecule is CNC(=O)CCNCc1csc(Br)c1. The summed E-state index contributed by atoms with van der Waals surface area (Å²) in [4.78, 5) is 10.9. The van der Waals surface area contributed by atoms with E-state index in [1.807, 2.05) is 0 Å². The average Bonchev–Trinajstić information content (AvgIpc) is 2.58. The van der Waals surface area contributed by atoms with E-state index >= 15 is 0 Å². The number of carbonyl (C=O) groups is 1. The second-order valence-electron chi connectivity index (χ2n) is 2.86. The number of halogens is 1. The van der Waals surface area contributed by atoms with Crippen molar-refractivity contribution in [3.05, 3.63) is 20.8 Å². The van der Waals surface area contributed by atoms with Crippen molar-refractivity contribution in [3.8, 4) is 0 Å². The van der Waals surface area contributed by atoms with E-state index in [-0.39, 0.29) is 5.91 Å². The first-order chi connectivity index (χ1) is 6.72. The summed E-state index contributed by atoms with van der Waals surface area (Å²) in [6.07, 6.45) is 0.530. The smallest absolute Gasteiger partial charge is 0.221 e. The molecule has 14 heavy (non-hydrogen) atoms. The first kappa shape index (κ1) is 11.7. The molecule has 0 unspecified atom stereocenters. The third-order valence-electron chi connectivity index (χ3n) is 1.76. The van der Waals surface area contributed by atoms with Gasteiger partial charge >= 0.3 is 0 Å². The molecule has 0 spiro atoms. The lowest BCUT2D eigenvalue weighted by Crippen LogP contribution is -2.24. The van der Waals surface area contributed by atoms with E-state index in [2.05, 4.69) is 38.0 Å². The minimum atomic E-state index is 0.0731. The maximum absolute atomic E-state index is 10.9. The average molecular weight is 277 g/mol. The molecule has 78 valence electrons. The Kier molecular flexibility index (Phi) is 5.14. The highest BCUT2D eigenvalue weighted by Gasteiger charge is 1.98. The summed E-state index contributed by atoms with van der Waals surface area (Å²) in [7, 11) is 1.65. The van der Waals surface area contributed by atoms with Crippen LogP contribution < -0.4 is 10.6 Å². The molecule has 0 saturated heterocycles. The van der Waals surface area contributed by atoms with Gasteiger partial charge in [0.05, 0.1) is 3.79 Å². The van der Waals surface area contributed by atoms with Gasteiger partial charge in [0, 0.05) is 26.6 Å². The first-order valence-corrected chi connectivity index (χ1v) is 6.04. The topological polar surface area (TPSA) is 41.1 Å². The van der Waals surface area contributed by atoms with E-state index in [0.29, 0.717) is 13.0 Å². The molecular formula is C9H13BrN2OS. The molecule has 5 heteroatoms. The molecule has 0 bridgehead atoms. The van der Waals surface area contributed by atoms with Crippen LogP contribution in [0.3, 0.4) is 0 Å². The van der Waals surface area contributed by atoms with Crippen LogP contribution in [-0.2, 0) is 11.3 Å². The Bertz CT molecular complexity index is 301. The zero-order valence-corrected chi connectivity index (χ0v) is 10.4. The molecule has 0 aliphatic carbocycles. The summed E-state index contributed by atoms with van der Waals surface area (Å²) >= 11 is 5.07. The Hall–Kier alpha value is -0.390. The second kappa shape index (κ2) is 6.16. The van der Waals surface area contributed by atoms with Crippen molar-refractivity contribution in [1.29, 1.82) is 0 Å². The Labute approximate surface area is 96.0 Å². The Morgan fingerprint density at radius 1 is 1.64 bits per heavy atom. The van der Waals surface area contributed by atoms with Gasteiger partial charge in [0.25, 0.3) is 0 Å². The van der Waals surface area contributed by atoms with Crippen molar-refractivity contribution in [2.45, 2.75) is 13.0 Å². The van der Waals surface area contributed by atoms with Gasteiger partial charge in [-0.1, -0.05) is 0 Å². The van der Waals surface area contributed by atoms with Crippen molar-refractivity contribution in [3.63, 3.8) is 0 Å². The maximum Gasteiger partial charge on any atom is 0.221 e. The predicted octanol–water partition coefficient (Wildman–Crippen LogP) is 1.74. The highest BCUT2D eigenvalue weighted by atomic mass is 79.9. The summed E-state index contributed by atoms with van der Waals surface area (Å²) in [5.74, 6) is 0.0731. The predicted molar refractivity (Wildman–Crippen MR) is 62.4 cm³/mol. The normalized spacial score (nSPS) is 10.1. The molecule has 1 heterocycles. The van der Waals surface area contributed by atoms with Crippen molar-refractivity contribution in [1.82, 2.24) is 10.6 Å². The molecule has 1 rings (SSSR count). The van der Waals surface area contributed by atoms with Crippen LogP contribution in [0.5, 0.6) is 0 Å². The van der Waals surface area contributed by atoms with Crippen LogP contribution in [-0.4, -0.2) is 19.5 Å². The van der Waals surface area contributed by atoms with Gasteiger partial charge in [-0.05, 0) is 32.9 Å². The summed E-state index contributed by atoms with van der Waals surface area (Å²) < 4.78 is 1.14. The number of hydrogen-bond acceptors (Lipinski definition) is 3. The lowest BCUT2D eigenvalue weighted by atomic mass is 10.3. The Morgan fingerprint density at radius 3 is 3.00 bits per heavy atom. The van der Waals surface area contributed by atoms with Crippen LogP contribution in [0.1, 0.15) is 12.0 Å². The number of rotatable bonds is 5. The lowest BCUT2D eigenvalue weighted by molar-refractivity contribution is -0.120. The van der Waals surface area contributed by atoms with E-state index in [1.165, 1.54) is 5.56 Å². The number of hydrogen-bond donors (Lipinski definition) is 2. The molecule has 1 aromatic heterocycles. The molecule has 0 atom stereocenters. The molecule has 0 aromatic carbocycles. The molecule has 0 radical (unpaired) electrons. The Morgan fingerprint density at radius 2 is 2.43 bits per heavy atom. The molecule has 0 saturated carbocycles. The van der Waals surface area contributed by atoms with Crippen LogP contribution in [0.4, 0.5) is 0 Å². The van der Waals surface area contributed by atoms with Crippen molar-refractivity contribution < 1.29 is 4.79 Å². The number of nitrogens with one attached hydrogen (secondary N) is 2. The fourth-order valence-corrected chi connectivity index (χ4v) is 2.21. The van der Waals surface area contributed by atoms with E-state index in [4.69, 9.17) is 0 Å². The molecule has 0 aliphatic heterocycles. The molecule has 3 nitrogen and oxygen atoms in total. The quantitative estimate of drug-likeness (QED) is 0.805. The zero-order chi connectivity index (χ0) is 10.4. The van der Waals surface area contributed by atoms with Gasteiger partial charge in [-0.3, -0.25) is 4.79 Å². The lowest BCUT2D eigenvalue weighted by Gasteiger charge is -2.01. The fourth-order valence-electron chi connectivity index (χ4n) is 0.998. The van der Waals surface area contributed by atoms with E-state index < -0.39 is 0 Å². The van der Waals surface area contributed by atoms with Gasteiger partial charge in [0.1, 0.15) is 0 Å². The van der Waals surface area contributed by atoms with Gasteiger partial charge in [0.15, 0.2) is 0 Å². The number of thiophene rings is 1. The van der Waals surface area contributed by atoms with Crippen molar-refractivity contribution >= 4 is 33.2 Å². The van der Waals surface area contributed by atoms with Crippen LogP contribution in [0.25, 0.3) is 0 Å². The summed E-state index contributed by atoms with van der Waals surface area (Å²) in [6.45, 7) is 1.53. The molecular weight excluding hydrogens is 264 g/mol. The zero-order valence-electron chi connectivity index (χ0n) is 7.97. The van der Waals surface area contributed by atoms with E-state index in [9.17, 15) is 4.79 Å². The van der Waals surface area contributed by atoms with Crippen LogP contribution >= 0.6 is 27.3 Å². The maximum atomic E-state index is 10.9. The molecule has 2 N–H and O–H groups in total. The second-order valence-corrected chi connectivity index (χ2v) is 5.15. The monoisotopic (exact) mass is 276 g/mol. The van der Waals surface area contributed by atoms with Gasteiger partial charge in [-0.25, -0.2) is 0 Å². The van der Waals surface area contributed by atoms with Crippen LogP contribution in [0, 0.1) is 0 Å². The van der Waals surface area contributed by atoms with Gasteiger partial charge in [0.2, 0.25) is 5.91 Å². The minimum absolute atomic E-state index is 0.0731. The number of carbonyl (C=O) groups excluding carboxylic acids is 1. The van der Waals surface area contributed by atoms with Crippen molar-refractivity contribution in [2.24, 2.45) is 0 Å². The van der Waals surface area contributed by atoms with Crippen LogP contribution in [0.2, 0.25) is 0 Å². The molecule has 1 aromatic rings. The van der Waals surface area contributed by atoms with Crippen molar-refractivity contribution in [2.75, 3.05) is 13.6 Å². The third-order valence-corrected chi connectivity index (χ3v) is 3.31. The fraction of sp³-hybridized carbons (Fsp3) is 0.444. The van der Waals surface area contributed by atoms with Gasteiger partial charge in [-0.2, -0.15) is 0 Å². The van der Waals surface area contributed by atoms with E-state index in [0.717, 1.165) is 10.3 Å². The number of amides is 1. The van der Waals surface area contributed by atoms with Gasteiger partial charge in [-0.15, -0.1) is 11.3 Å². The molecule has 0 fully saturated rings. The summed E-state index contributed by atoms with van der Waals surface area (Å²) in [5, 5.41) is 7.88. The largest absolute Gasteiger partial charge is 0.359 e. The standard InChI is InChI=1S/C9H13BrN2OS/c1-11-9(13)2-3-12-5-7-4-8(10)14-6-7/h4,6,12H,2-3,5H2,1H3,(H,11,13). The van der Waals surface area contributed by atoms with E-state index in [1.54, 1.807) is 18.4 Å². The Balaban J connectivity index is 2.13. The van der Waals surface area contributed by atoms with Crippen LogP contribution in [0.15, 0.2) is 15.2 Å². The highest BCUT2D eigenvalue weighted by molar-refractivity contribution is 9.11. The third kappa shape index (κ3) is 4.21. The summed E-state index contributed by atoms with van der Waals surface area (Å²) in [6, 6.07) is 2.08. The summed E-state index contributed by atoms with van der Waals surface area (Å²) in [5.41, 5.74) is 1.25. The molecule has 1 amide bonds. The highest BCUT2D eigenvalue weighted by Crippen LogP contribution is 2.20. The molecule has 0 aliphatic rings. The minimum Gasteiger partial charge on any atom is -0.359 e. The first-order valence-electron chi connectivity index (χ1n) is 4.36.